The molecule has 0 aliphatic rings. The lowest BCUT2D eigenvalue weighted by atomic mass is 10.0. The van der Waals surface area contributed by atoms with Gasteiger partial charge in [-0.3, -0.25) is 4.79 Å². The Morgan fingerprint density at radius 1 is 1.04 bits per heavy atom. The van der Waals surface area contributed by atoms with E-state index in [9.17, 15) is 4.79 Å². The Balaban J connectivity index is 1.71. The quantitative estimate of drug-likeness (QED) is 0.507. The number of para-hydroxylation sites is 1. The second-order valence-corrected chi connectivity index (χ2v) is 6.26. The lowest BCUT2D eigenvalue weighted by molar-refractivity contribution is -0.123. The number of ether oxygens (including phenoxy) is 2. The molecule has 0 unspecified atom stereocenters. The van der Waals surface area contributed by atoms with Gasteiger partial charge in [-0.05, 0) is 42.8 Å². The van der Waals surface area contributed by atoms with Gasteiger partial charge in [-0.25, -0.2) is 5.43 Å². The van der Waals surface area contributed by atoms with Crippen molar-refractivity contribution in [1.82, 2.24) is 5.43 Å². The van der Waals surface area contributed by atoms with Crippen LogP contribution in [0.25, 0.3) is 10.8 Å². The number of fused-ring (bicyclic) bond motifs is 1. The summed E-state index contributed by atoms with van der Waals surface area (Å²) in [5, 5.41) is 6.17. The molecule has 3 rings (SSSR count). The second kappa shape index (κ2) is 8.85. The van der Waals surface area contributed by atoms with Gasteiger partial charge in [0.2, 0.25) is 0 Å². The van der Waals surface area contributed by atoms with E-state index in [1.807, 2.05) is 68.4 Å². The molecule has 0 saturated heterocycles. The zero-order valence-corrected chi connectivity index (χ0v) is 15.4. The van der Waals surface area contributed by atoms with Crippen molar-refractivity contribution in [3.63, 3.8) is 0 Å². The summed E-state index contributed by atoms with van der Waals surface area (Å²) in [6.45, 7) is 3.84. The average molecular weight is 362 g/mol. The summed E-state index contributed by atoms with van der Waals surface area (Å²) >= 11 is 0. The van der Waals surface area contributed by atoms with Crippen molar-refractivity contribution in [2.24, 2.45) is 5.10 Å². The number of hydrogen-bond acceptors (Lipinski definition) is 4. The molecule has 0 aliphatic heterocycles. The number of carbonyl (C=O) groups is 1. The first-order valence-electron chi connectivity index (χ1n) is 8.81. The molecule has 0 bridgehead atoms. The fourth-order valence-corrected chi connectivity index (χ4v) is 2.63. The number of hydrogen-bond donors (Lipinski definition) is 1. The van der Waals surface area contributed by atoms with Gasteiger partial charge in [-0.15, -0.1) is 0 Å². The van der Waals surface area contributed by atoms with Crippen molar-refractivity contribution in [3.8, 4) is 11.5 Å². The van der Waals surface area contributed by atoms with Gasteiger partial charge < -0.3 is 9.47 Å². The summed E-state index contributed by atoms with van der Waals surface area (Å²) < 4.78 is 11.3. The highest BCUT2D eigenvalue weighted by atomic mass is 16.5. The van der Waals surface area contributed by atoms with Crippen molar-refractivity contribution in [2.45, 2.75) is 20.0 Å². The predicted molar refractivity (Wildman–Crippen MR) is 107 cm³/mol. The molecule has 1 N–H and O–H groups in total. The van der Waals surface area contributed by atoms with Crippen LogP contribution in [-0.2, 0) is 4.79 Å². The molecule has 1 amide bonds. The second-order valence-electron chi connectivity index (χ2n) is 6.26. The highest BCUT2D eigenvalue weighted by Gasteiger charge is 2.09. The number of carbonyl (C=O) groups excluding carboxylic acids is 1. The Bertz CT molecular complexity index is 937. The molecule has 138 valence electrons. The van der Waals surface area contributed by atoms with Crippen LogP contribution in [-0.4, -0.2) is 24.8 Å². The van der Waals surface area contributed by atoms with Gasteiger partial charge in [0.25, 0.3) is 5.91 Å². The van der Waals surface area contributed by atoms with Crippen molar-refractivity contribution in [2.75, 3.05) is 6.61 Å². The van der Waals surface area contributed by atoms with Gasteiger partial charge in [-0.2, -0.15) is 5.10 Å². The normalized spacial score (nSPS) is 11.1. The maximum atomic E-state index is 12.0. The smallest absolute Gasteiger partial charge is 0.277 e. The van der Waals surface area contributed by atoms with Crippen LogP contribution in [0.5, 0.6) is 11.5 Å². The van der Waals surface area contributed by atoms with Gasteiger partial charge in [0, 0.05) is 5.56 Å². The molecule has 0 saturated carbocycles. The number of amides is 1. The van der Waals surface area contributed by atoms with E-state index in [1.165, 1.54) is 0 Å². The van der Waals surface area contributed by atoms with Crippen LogP contribution >= 0.6 is 0 Å². The van der Waals surface area contributed by atoms with Crippen LogP contribution in [0.2, 0.25) is 0 Å². The van der Waals surface area contributed by atoms with Crippen molar-refractivity contribution in [1.29, 1.82) is 0 Å². The minimum absolute atomic E-state index is 0.0344. The van der Waals surface area contributed by atoms with Gasteiger partial charge in [-0.1, -0.05) is 48.5 Å². The lowest BCUT2D eigenvalue weighted by Crippen LogP contribution is -2.24. The molecule has 5 heteroatoms. The molecule has 0 aliphatic carbocycles. The van der Waals surface area contributed by atoms with Gasteiger partial charge >= 0.3 is 0 Å². The van der Waals surface area contributed by atoms with Crippen molar-refractivity contribution >= 4 is 22.9 Å². The fourth-order valence-electron chi connectivity index (χ4n) is 2.63. The topological polar surface area (TPSA) is 59.9 Å². The van der Waals surface area contributed by atoms with Crippen LogP contribution in [0, 0.1) is 0 Å². The fraction of sp³-hybridized carbons (Fsp3) is 0.182. The third kappa shape index (κ3) is 5.07. The van der Waals surface area contributed by atoms with E-state index < -0.39 is 0 Å². The molecule has 0 spiro atoms. The van der Waals surface area contributed by atoms with E-state index in [0.717, 1.165) is 22.1 Å². The van der Waals surface area contributed by atoms with Gasteiger partial charge in [0.05, 0.1) is 12.3 Å². The summed E-state index contributed by atoms with van der Waals surface area (Å²) in [5.74, 6) is 1.03. The van der Waals surface area contributed by atoms with Crippen molar-refractivity contribution in [3.05, 3.63) is 72.3 Å². The first-order chi connectivity index (χ1) is 13.1. The highest BCUT2D eigenvalue weighted by Crippen LogP contribution is 2.27. The maximum absolute atomic E-state index is 12.0. The Labute approximate surface area is 158 Å². The van der Waals surface area contributed by atoms with Crippen LogP contribution < -0.4 is 14.9 Å². The molecule has 3 aromatic carbocycles. The summed E-state index contributed by atoms with van der Waals surface area (Å²) in [4.78, 5) is 12.0. The van der Waals surface area contributed by atoms with E-state index >= 15 is 0 Å². The zero-order valence-electron chi connectivity index (χ0n) is 15.4. The Morgan fingerprint density at radius 2 is 1.78 bits per heavy atom. The van der Waals surface area contributed by atoms with Gasteiger partial charge in [0.1, 0.15) is 11.5 Å². The van der Waals surface area contributed by atoms with E-state index in [4.69, 9.17) is 9.47 Å². The van der Waals surface area contributed by atoms with Crippen LogP contribution in [0.15, 0.2) is 71.8 Å². The molecular formula is C22H22N2O3. The summed E-state index contributed by atoms with van der Waals surface area (Å²) in [5.41, 5.74) is 3.32. The van der Waals surface area contributed by atoms with Crippen LogP contribution in [0.3, 0.4) is 0 Å². The first kappa shape index (κ1) is 18.5. The SMILES string of the molecule is CC(C)Oc1ccc2ccccc2c1C=NNC(=O)COc1ccccc1. The lowest BCUT2D eigenvalue weighted by Gasteiger charge is -2.14. The third-order valence-electron chi connectivity index (χ3n) is 3.79. The average Bonchev–Trinajstić information content (AvgIpc) is 2.68. The Hall–Kier alpha value is -3.34. The minimum atomic E-state index is -0.332. The monoisotopic (exact) mass is 362 g/mol. The van der Waals surface area contributed by atoms with Crippen LogP contribution in [0.4, 0.5) is 0 Å². The summed E-state index contributed by atoms with van der Waals surface area (Å²) in [6.07, 6.45) is 1.65. The van der Waals surface area contributed by atoms with E-state index in [0.29, 0.717) is 5.75 Å². The molecule has 3 aromatic rings. The predicted octanol–water partition coefficient (Wildman–Crippen LogP) is 4.16. The number of benzene rings is 3. The summed E-state index contributed by atoms with van der Waals surface area (Å²) in [6, 6.07) is 21.1. The standard InChI is InChI=1S/C22H22N2O3/c1-16(2)27-21-13-12-17-8-6-7-11-19(17)20(21)14-23-24-22(25)15-26-18-9-4-3-5-10-18/h3-14,16H,15H2,1-2H3,(H,24,25). The van der Waals surface area contributed by atoms with E-state index in [-0.39, 0.29) is 18.6 Å². The van der Waals surface area contributed by atoms with E-state index in [2.05, 4.69) is 10.5 Å². The molecule has 0 radical (unpaired) electrons. The van der Waals surface area contributed by atoms with Crippen molar-refractivity contribution < 1.29 is 14.3 Å². The maximum Gasteiger partial charge on any atom is 0.277 e. The largest absolute Gasteiger partial charge is 0.490 e. The van der Waals surface area contributed by atoms with E-state index in [1.54, 1.807) is 18.3 Å². The molecule has 27 heavy (non-hydrogen) atoms. The van der Waals surface area contributed by atoms with Gasteiger partial charge in [0.15, 0.2) is 6.61 Å². The molecule has 0 atom stereocenters. The molecular weight excluding hydrogens is 340 g/mol. The molecule has 0 fully saturated rings. The minimum Gasteiger partial charge on any atom is -0.490 e. The zero-order chi connectivity index (χ0) is 19.1. The summed E-state index contributed by atoms with van der Waals surface area (Å²) in [7, 11) is 0. The first-order valence-corrected chi connectivity index (χ1v) is 8.81. The van der Waals surface area contributed by atoms with Crippen LogP contribution in [0.1, 0.15) is 19.4 Å². The number of nitrogens with zero attached hydrogens (tertiary/aromatic N) is 1. The molecule has 0 heterocycles. The number of nitrogens with one attached hydrogen (secondary N) is 1. The number of rotatable bonds is 7. The highest BCUT2D eigenvalue weighted by molar-refractivity contribution is 6.02. The Kier molecular flexibility index (Phi) is 6.05. The molecule has 5 nitrogen and oxygen atoms in total. The number of hydrazone groups is 1. The third-order valence-corrected chi connectivity index (χ3v) is 3.79. The molecule has 0 aromatic heterocycles. The Morgan fingerprint density at radius 3 is 2.56 bits per heavy atom.